The second-order valence-electron chi connectivity index (χ2n) is 15.4. The van der Waals surface area contributed by atoms with Crippen LogP contribution in [0.15, 0.2) is 28.9 Å². The first-order valence-corrected chi connectivity index (χ1v) is 19.7. The van der Waals surface area contributed by atoms with E-state index in [-0.39, 0.29) is 11.1 Å². The zero-order valence-corrected chi connectivity index (χ0v) is 34.1. The lowest BCUT2D eigenvalue weighted by Crippen LogP contribution is -2.56. The van der Waals surface area contributed by atoms with Crippen LogP contribution in [-0.4, -0.2) is 52.9 Å². The van der Waals surface area contributed by atoms with Crippen molar-refractivity contribution in [2.75, 3.05) is 25.0 Å². The highest BCUT2D eigenvalue weighted by Crippen LogP contribution is 2.41. The number of carbonyl (C=O) groups is 3. The summed E-state index contributed by atoms with van der Waals surface area (Å²) in [5, 5.41) is 12.9. The highest BCUT2D eigenvalue weighted by atomic mass is 32.1. The maximum absolute atomic E-state index is 14.3. The second-order valence-corrected chi connectivity index (χ2v) is 16.4. The number of hydrazine groups is 1. The Hall–Kier alpha value is -3.77. The summed E-state index contributed by atoms with van der Waals surface area (Å²) >= 11 is 1.56. The number of imide groups is 1. The lowest BCUT2D eigenvalue weighted by molar-refractivity contribution is -0.171. The van der Waals surface area contributed by atoms with Crippen molar-refractivity contribution in [3.8, 4) is 17.3 Å². The molecule has 8 nitrogen and oxygen atoms in total. The number of hydrogen-bond acceptors (Lipinski definition) is 7. The number of thiazole rings is 1. The van der Waals surface area contributed by atoms with Crippen LogP contribution in [0.5, 0.6) is 0 Å². The molecule has 0 fully saturated rings. The third-order valence-electron chi connectivity index (χ3n) is 10.1. The molecule has 0 bridgehead atoms. The van der Waals surface area contributed by atoms with Crippen molar-refractivity contribution in [3.63, 3.8) is 0 Å². The van der Waals surface area contributed by atoms with Crippen molar-refractivity contribution in [2.45, 2.75) is 128 Å². The normalized spacial score (nSPS) is 15.7. The standard InChI is InChI=1S/C42H61N5O3S/c1-13-17-19-31(15-3)25-46(26-32(16-4)20-18-14-2)41-44-37(36-28(6)21-27(5)22-29(36)7)35(51-41)23-33-30(8)34(24-43)39(49)47(38(33)48)45(12)40(50)42(9,10)11/h21-23,31-32H,13-20,25-26H2,1-12H3/b33-23-. The van der Waals surface area contributed by atoms with Crippen molar-refractivity contribution in [2.24, 2.45) is 17.3 Å². The predicted octanol–water partition coefficient (Wildman–Crippen LogP) is 9.99. The molecular weight excluding hydrogens is 655 g/mol. The number of carbonyl (C=O) groups excluding carboxylic acids is 3. The van der Waals surface area contributed by atoms with E-state index in [9.17, 15) is 19.6 Å². The van der Waals surface area contributed by atoms with Crippen LogP contribution in [0.3, 0.4) is 0 Å². The molecule has 1 aliphatic heterocycles. The van der Waals surface area contributed by atoms with Crippen molar-refractivity contribution in [1.82, 2.24) is 15.0 Å². The quantitative estimate of drug-likeness (QED) is 0.127. The SMILES string of the molecule is CCCCC(CC)CN(CC(CC)CCCC)c1nc(-c2c(C)cc(C)cc2C)c(/C=C2\C(=O)N(N(C)C(=O)C(C)(C)C)C(=O)C(C#N)=C2C)s1. The van der Waals surface area contributed by atoms with E-state index in [1.54, 1.807) is 45.1 Å². The average Bonchev–Trinajstić information content (AvgIpc) is 3.47. The summed E-state index contributed by atoms with van der Waals surface area (Å²) < 4.78 is 0. The van der Waals surface area contributed by atoms with E-state index in [0.717, 1.165) is 86.7 Å². The van der Waals surface area contributed by atoms with Crippen LogP contribution < -0.4 is 4.90 Å². The fourth-order valence-corrected chi connectivity index (χ4v) is 8.06. The Morgan fingerprint density at radius 3 is 1.92 bits per heavy atom. The molecule has 2 heterocycles. The summed E-state index contributed by atoms with van der Waals surface area (Å²) in [4.78, 5) is 49.9. The van der Waals surface area contributed by atoms with E-state index in [2.05, 4.69) is 65.5 Å². The van der Waals surface area contributed by atoms with Gasteiger partial charge in [-0.2, -0.15) is 10.3 Å². The topological polar surface area (TPSA) is 97.6 Å². The van der Waals surface area contributed by atoms with E-state index < -0.39 is 23.1 Å². The smallest absolute Gasteiger partial charge is 0.290 e. The lowest BCUT2D eigenvalue weighted by Gasteiger charge is -2.36. The molecule has 0 N–H and O–H groups in total. The summed E-state index contributed by atoms with van der Waals surface area (Å²) in [7, 11) is 1.41. The zero-order valence-electron chi connectivity index (χ0n) is 33.3. The molecule has 0 saturated heterocycles. The third-order valence-corrected chi connectivity index (χ3v) is 11.2. The van der Waals surface area contributed by atoms with Gasteiger partial charge >= 0.3 is 0 Å². The minimum Gasteiger partial charge on any atom is -0.348 e. The number of rotatable bonds is 16. The van der Waals surface area contributed by atoms with Crippen LogP contribution in [0.25, 0.3) is 17.3 Å². The van der Waals surface area contributed by atoms with Crippen molar-refractivity contribution in [1.29, 1.82) is 5.26 Å². The average molecular weight is 716 g/mol. The molecule has 1 aromatic carbocycles. The Bertz CT molecular complexity index is 1650. The second kappa shape index (κ2) is 18.1. The molecule has 278 valence electrons. The lowest BCUT2D eigenvalue weighted by atomic mass is 9.93. The zero-order chi connectivity index (χ0) is 38.2. The monoisotopic (exact) mass is 715 g/mol. The predicted molar refractivity (Wildman–Crippen MR) is 211 cm³/mol. The van der Waals surface area contributed by atoms with Gasteiger partial charge in [-0.15, -0.1) is 0 Å². The van der Waals surface area contributed by atoms with Gasteiger partial charge in [0.15, 0.2) is 5.13 Å². The van der Waals surface area contributed by atoms with Gasteiger partial charge in [-0.1, -0.05) is 116 Å². The minimum absolute atomic E-state index is 0.159. The molecule has 51 heavy (non-hydrogen) atoms. The van der Waals surface area contributed by atoms with E-state index in [0.29, 0.717) is 17.4 Å². The number of aryl methyl sites for hydroxylation is 3. The van der Waals surface area contributed by atoms with Crippen LogP contribution in [0.1, 0.15) is 128 Å². The summed E-state index contributed by atoms with van der Waals surface area (Å²) in [6.45, 7) is 24.0. The number of anilines is 1. The Morgan fingerprint density at radius 1 is 0.941 bits per heavy atom. The number of nitrogens with zero attached hydrogens (tertiary/aromatic N) is 5. The molecule has 3 rings (SSSR count). The van der Waals surface area contributed by atoms with E-state index >= 15 is 0 Å². The van der Waals surface area contributed by atoms with Gasteiger partial charge in [0.2, 0.25) is 5.91 Å². The van der Waals surface area contributed by atoms with Crippen LogP contribution in [0.2, 0.25) is 0 Å². The van der Waals surface area contributed by atoms with Gasteiger partial charge in [-0.05, 0) is 75.1 Å². The number of benzene rings is 1. The summed E-state index contributed by atoms with van der Waals surface area (Å²) in [6.07, 6.45) is 11.0. The molecule has 1 aromatic heterocycles. The summed E-state index contributed by atoms with van der Waals surface area (Å²) in [6, 6.07) is 6.34. The van der Waals surface area contributed by atoms with Gasteiger partial charge in [0.25, 0.3) is 11.8 Å². The molecule has 9 heteroatoms. The molecule has 2 aromatic rings. The van der Waals surface area contributed by atoms with Crippen LogP contribution in [0, 0.1) is 49.4 Å². The van der Waals surface area contributed by atoms with Crippen molar-refractivity contribution in [3.05, 3.63) is 50.4 Å². The molecule has 0 spiro atoms. The Labute approximate surface area is 311 Å². The van der Waals surface area contributed by atoms with E-state index in [1.807, 2.05) is 6.07 Å². The number of aromatic nitrogens is 1. The molecule has 1 aliphatic rings. The molecule has 2 atom stereocenters. The summed E-state index contributed by atoms with van der Waals surface area (Å²) in [5.41, 5.74) is 4.63. The number of unbranched alkanes of at least 4 members (excludes halogenated alkanes) is 2. The Morgan fingerprint density at radius 2 is 1.47 bits per heavy atom. The van der Waals surface area contributed by atoms with Gasteiger partial charge in [0.1, 0.15) is 11.6 Å². The fourth-order valence-electron chi connectivity index (χ4n) is 7.02. The van der Waals surface area contributed by atoms with Crippen molar-refractivity contribution < 1.29 is 14.4 Å². The third kappa shape index (κ3) is 9.77. The minimum atomic E-state index is -0.854. The maximum Gasteiger partial charge on any atom is 0.290 e. The maximum atomic E-state index is 14.3. The molecule has 3 amide bonds. The fraction of sp³-hybridized carbons (Fsp3) is 0.595. The number of hydrogen-bond donors (Lipinski definition) is 0. The van der Waals surface area contributed by atoms with Crippen LogP contribution in [0.4, 0.5) is 5.13 Å². The van der Waals surface area contributed by atoms with Crippen LogP contribution in [-0.2, 0) is 14.4 Å². The van der Waals surface area contributed by atoms with E-state index in [1.165, 1.54) is 32.7 Å². The van der Waals surface area contributed by atoms with Gasteiger partial charge < -0.3 is 4.90 Å². The summed E-state index contributed by atoms with van der Waals surface area (Å²) in [5.74, 6) is -0.782. The number of nitriles is 1. The first-order chi connectivity index (χ1) is 24.0. The molecule has 0 saturated carbocycles. The highest BCUT2D eigenvalue weighted by Gasteiger charge is 2.42. The first kappa shape index (κ1) is 41.6. The molecular formula is C42H61N5O3S. The van der Waals surface area contributed by atoms with Gasteiger partial charge in [-0.25, -0.2) is 9.99 Å². The van der Waals surface area contributed by atoms with Gasteiger partial charge in [0.05, 0.1) is 10.6 Å². The van der Waals surface area contributed by atoms with Gasteiger partial charge in [-0.3, -0.25) is 14.4 Å². The number of amides is 3. The molecule has 0 radical (unpaired) electrons. The van der Waals surface area contributed by atoms with Crippen molar-refractivity contribution >= 4 is 40.3 Å². The largest absolute Gasteiger partial charge is 0.348 e. The highest BCUT2D eigenvalue weighted by molar-refractivity contribution is 7.17. The first-order valence-electron chi connectivity index (χ1n) is 18.9. The Kier molecular flexibility index (Phi) is 14.8. The Balaban J connectivity index is 2.33. The van der Waals surface area contributed by atoms with Crippen LogP contribution >= 0.6 is 11.3 Å². The van der Waals surface area contributed by atoms with E-state index in [4.69, 9.17) is 4.98 Å². The molecule has 0 aliphatic carbocycles. The molecule has 2 unspecified atom stereocenters. The van der Waals surface area contributed by atoms with Gasteiger partial charge in [0, 0.05) is 36.7 Å².